The number of nitrogens with one attached hydrogen (secondary N) is 1. The van der Waals surface area contributed by atoms with Gasteiger partial charge in [0.25, 0.3) is 0 Å². The van der Waals surface area contributed by atoms with Crippen molar-refractivity contribution < 1.29 is 9.47 Å². The van der Waals surface area contributed by atoms with Crippen LogP contribution >= 0.6 is 23.8 Å². The molecule has 0 bridgehead atoms. The molecule has 0 amide bonds. The molecule has 0 saturated carbocycles. The van der Waals surface area contributed by atoms with Crippen molar-refractivity contribution in [1.29, 1.82) is 0 Å². The van der Waals surface area contributed by atoms with Crippen molar-refractivity contribution in [1.82, 2.24) is 14.9 Å². The van der Waals surface area contributed by atoms with E-state index in [1.165, 1.54) is 0 Å². The Bertz CT molecular complexity index is 1410. The lowest BCUT2D eigenvalue weighted by Gasteiger charge is -2.29. The van der Waals surface area contributed by atoms with E-state index < -0.39 is 0 Å². The topological polar surface area (TPSA) is 51.6 Å². The zero-order chi connectivity index (χ0) is 25.4. The van der Waals surface area contributed by atoms with Crippen LogP contribution in [0.15, 0.2) is 72.9 Å². The molecule has 0 spiro atoms. The molecule has 1 saturated heterocycles. The number of methoxy groups -OCH3 is 2. The molecule has 0 unspecified atom stereocenters. The largest absolute Gasteiger partial charge is 0.497 e. The number of pyridine rings is 1. The summed E-state index contributed by atoms with van der Waals surface area (Å²) >= 11 is 12.1. The predicted octanol–water partition coefficient (Wildman–Crippen LogP) is 6.34. The number of nitrogens with zero attached hydrogens (tertiary/aromatic N) is 3. The van der Waals surface area contributed by atoms with E-state index in [1.54, 1.807) is 14.2 Å². The number of rotatable bonds is 6. The maximum absolute atomic E-state index is 6.16. The van der Waals surface area contributed by atoms with Crippen LogP contribution in [0.2, 0.25) is 5.02 Å². The highest BCUT2D eigenvalue weighted by molar-refractivity contribution is 7.80. The van der Waals surface area contributed by atoms with Crippen LogP contribution in [0.4, 0.5) is 5.69 Å². The molecule has 1 N–H and O–H groups in total. The normalized spacial score (nSPS) is 17.2. The molecule has 0 radical (unpaired) electrons. The first-order chi connectivity index (χ1) is 17.4. The van der Waals surface area contributed by atoms with Crippen molar-refractivity contribution in [2.24, 2.45) is 0 Å². The quantitative estimate of drug-likeness (QED) is 0.301. The molecule has 8 heteroatoms. The molecule has 1 aliphatic heterocycles. The molecule has 1 fully saturated rings. The van der Waals surface area contributed by atoms with E-state index >= 15 is 0 Å². The third-order valence-corrected chi connectivity index (χ3v) is 7.18. The highest BCUT2D eigenvalue weighted by atomic mass is 35.5. The van der Waals surface area contributed by atoms with Crippen molar-refractivity contribution in [3.8, 4) is 17.2 Å². The summed E-state index contributed by atoms with van der Waals surface area (Å²) in [7, 11) is 3.32. The minimum Gasteiger partial charge on any atom is -0.497 e. The zero-order valence-corrected chi connectivity index (χ0v) is 22.1. The predicted molar refractivity (Wildman–Crippen MR) is 148 cm³/mol. The Hall–Kier alpha value is -3.55. The van der Waals surface area contributed by atoms with Gasteiger partial charge in [-0.2, -0.15) is 0 Å². The third kappa shape index (κ3) is 4.18. The molecule has 36 heavy (non-hydrogen) atoms. The number of halogens is 1. The number of anilines is 1. The number of hydrogen-bond donors (Lipinski definition) is 1. The summed E-state index contributed by atoms with van der Waals surface area (Å²) in [6.45, 7) is 4.24. The number of thiocarbonyl (C=S) groups is 1. The Morgan fingerprint density at radius 3 is 2.42 bits per heavy atom. The van der Waals surface area contributed by atoms with Crippen LogP contribution in [0.3, 0.4) is 0 Å². The minimum atomic E-state index is -0.180. The molecule has 184 valence electrons. The fourth-order valence-electron chi connectivity index (χ4n) is 4.99. The van der Waals surface area contributed by atoms with Crippen LogP contribution in [-0.4, -0.2) is 28.9 Å². The van der Waals surface area contributed by atoms with Gasteiger partial charge >= 0.3 is 0 Å². The Kier molecular flexibility index (Phi) is 6.60. The van der Waals surface area contributed by atoms with E-state index in [0.29, 0.717) is 15.9 Å². The molecule has 2 aromatic carbocycles. The Morgan fingerprint density at radius 2 is 1.75 bits per heavy atom. The molecule has 3 heterocycles. The van der Waals surface area contributed by atoms with Gasteiger partial charge < -0.3 is 24.3 Å². The van der Waals surface area contributed by atoms with Crippen LogP contribution in [0.25, 0.3) is 5.69 Å². The van der Waals surface area contributed by atoms with E-state index in [0.717, 1.165) is 39.8 Å². The molecule has 6 nitrogen and oxygen atoms in total. The lowest BCUT2D eigenvalue weighted by molar-refractivity contribution is 0.403. The van der Waals surface area contributed by atoms with E-state index in [2.05, 4.69) is 39.7 Å². The van der Waals surface area contributed by atoms with E-state index in [4.69, 9.17) is 33.3 Å². The second kappa shape index (κ2) is 9.84. The van der Waals surface area contributed by atoms with Crippen molar-refractivity contribution in [3.05, 3.63) is 101 Å². The van der Waals surface area contributed by atoms with Gasteiger partial charge in [0.05, 0.1) is 37.7 Å². The molecule has 1 aliphatic rings. The summed E-state index contributed by atoms with van der Waals surface area (Å²) in [5, 5.41) is 4.83. The number of ether oxygens (including phenoxy) is 2. The highest BCUT2D eigenvalue weighted by Gasteiger charge is 2.43. The lowest BCUT2D eigenvalue weighted by Crippen LogP contribution is -2.30. The summed E-state index contributed by atoms with van der Waals surface area (Å²) in [4.78, 5) is 6.79. The average molecular weight is 519 g/mol. The molecular formula is C28H27ClN4O2S. The Morgan fingerprint density at radius 1 is 0.972 bits per heavy atom. The maximum Gasteiger partial charge on any atom is 0.174 e. The number of hydrogen-bond acceptors (Lipinski definition) is 4. The monoisotopic (exact) mass is 518 g/mol. The fourth-order valence-corrected chi connectivity index (χ4v) is 5.45. The number of aryl methyl sites for hydroxylation is 1. The first-order valence-corrected chi connectivity index (χ1v) is 12.4. The Labute approximate surface area is 221 Å². The molecular weight excluding hydrogens is 492 g/mol. The summed E-state index contributed by atoms with van der Waals surface area (Å²) in [5.41, 5.74) is 6.14. The maximum atomic E-state index is 6.16. The lowest BCUT2D eigenvalue weighted by atomic mass is 9.96. The van der Waals surface area contributed by atoms with Crippen LogP contribution in [-0.2, 0) is 0 Å². The van der Waals surface area contributed by atoms with Gasteiger partial charge in [-0.25, -0.2) is 0 Å². The summed E-state index contributed by atoms with van der Waals surface area (Å²) in [6.07, 6.45) is 1.81. The van der Waals surface area contributed by atoms with Gasteiger partial charge in [0.15, 0.2) is 5.11 Å². The molecule has 2 atom stereocenters. The second-order valence-electron chi connectivity index (χ2n) is 8.67. The van der Waals surface area contributed by atoms with Gasteiger partial charge in [0.1, 0.15) is 11.5 Å². The Balaban J connectivity index is 1.71. The van der Waals surface area contributed by atoms with Crippen LogP contribution < -0.4 is 19.7 Å². The van der Waals surface area contributed by atoms with Gasteiger partial charge in [0.2, 0.25) is 0 Å². The van der Waals surface area contributed by atoms with E-state index in [9.17, 15) is 0 Å². The first-order valence-electron chi connectivity index (χ1n) is 11.6. The zero-order valence-electron chi connectivity index (χ0n) is 20.5. The van der Waals surface area contributed by atoms with Crippen LogP contribution in [0, 0.1) is 13.8 Å². The van der Waals surface area contributed by atoms with Gasteiger partial charge in [-0.15, -0.1) is 0 Å². The average Bonchev–Trinajstić information content (AvgIpc) is 3.39. The van der Waals surface area contributed by atoms with Gasteiger partial charge in [-0.3, -0.25) is 4.98 Å². The van der Waals surface area contributed by atoms with Crippen molar-refractivity contribution >= 4 is 34.6 Å². The molecule has 2 aromatic heterocycles. The molecule has 0 aliphatic carbocycles. The van der Waals surface area contributed by atoms with Gasteiger partial charge in [-0.1, -0.05) is 17.7 Å². The van der Waals surface area contributed by atoms with Crippen LogP contribution in [0.1, 0.15) is 34.7 Å². The standard InChI is InChI=1S/C28H27ClN4O2S/c1-17-15-22(18(2)32(17)20-10-8-19(29)9-11-20)27-26(23-7-5-6-14-30-23)31-28(36)33(27)24-16-21(34-3)12-13-25(24)35-4/h5-16,26-27H,1-4H3,(H,31,36)/t26-,27+/m0/s1. The number of benzene rings is 2. The highest BCUT2D eigenvalue weighted by Crippen LogP contribution is 2.47. The summed E-state index contributed by atoms with van der Waals surface area (Å²) in [6, 6.07) is 21.4. The smallest absolute Gasteiger partial charge is 0.174 e. The molecule has 5 rings (SSSR count). The second-order valence-corrected chi connectivity index (χ2v) is 9.50. The molecule has 4 aromatic rings. The van der Waals surface area contributed by atoms with Gasteiger partial charge in [0, 0.05) is 34.4 Å². The number of aromatic nitrogens is 2. The van der Waals surface area contributed by atoms with Crippen molar-refractivity contribution in [2.45, 2.75) is 25.9 Å². The van der Waals surface area contributed by atoms with Crippen molar-refractivity contribution in [2.75, 3.05) is 19.1 Å². The van der Waals surface area contributed by atoms with Gasteiger partial charge in [-0.05, 0) is 86.2 Å². The summed E-state index contributed by atoms with van der Waals surface area (Å²) < 4.78 is 13.5. The van der Waals surface area contributed by atoms with E-state index in [1.807, 2.05) is 66.9 Å². The summed E-state index contributed by atoms with van der Waals surface area (Å²) in [5.74, 6) is 1.43. The van der Waals surface area contributed by atoms with Crippen LogP contribution in [0.5, 0.6) is 11.5 Å². The SMILES string of the molecule is COc1ccc(OC)c(N2C(=S)N[C@@H](c3ccccn3)[C@H]2c2cc(C)n(-c3ccc(Cl)cc3)c2C)c1. The third-order valence-electron chi connectivity index (χ3n) is 6.62. The van der Waals surface area contributed by atoms with E-state index in [-0.39, 0.29) is 12.1 Å². The minimum absolute atomic E-state index is 0.172. The van der Waals surface area contributed by atoms with Crippen molar-refractivity contribution in [3.63, 3.8) is 0 Å². The first kappa shape index (κ1) is 24.2. The fraction of sp³-hybridized carbons (Fsp3) is 0.214.